The van der Waals surface area contributed by atoms with Crippen LogP contribution in [-0.2, 0) is 21.2 Å². The van der Waals surface area contributed by atoms with Crippen LogP contribution < -0.4 is 19.5 Å². The number of morpholine rings is 1. The number of hydrogen-bond donors (Lipinski definition) is 1. The van der Waals surface area contributed by atoms with E-state index in [1.54, 1.807) is 30.6 Å². The number of anilines is 2. The van der Waals surface area contributed by atoms with Gasteiger partial charge in [-0.3, -0.25) is 13.5 Å². The average molecular weight is 585 g/mol. The van der Waals surface area contributed by atoms with Crippen LogP contribution in [0.2, 0.25) is 0 Å². The van der Waals surface area contributed by atoms with E-state index in [1.165, 1.54) is 23.6 Å². The molecule has 1 aliphatic heterocycles. The van der Waals surface area contributed by atoms with E-state index in [1.807, 2.05) is 11.8 Å². The van der Waals surface area contributed by atoms with Gasteiger partial charge in [-0.15, -0.1) is 0 Å². The number of rotatable bonds is 10. The standard InChI is InChI=1S/C28H33FN6O5S/c1-4-5-12-40-25-24(26-30-17-21(31-26)15-19-6-8-20(29)9-7-19)32-27-23(33(2)41(3,37)38)16-22(18-35(27)28(25)36)34-10-13-39-14-11-34/h6-9,16-18H,4-5,10-15H2,1-3H3,(H,30,31). The Labute approximate surface area is 237 Å². The minimum atomic E-state index is -3.69. The molecule has 1 aliphatic rings. The Kier molecular flexibility index (Phi) is 8.27. The van der Waals surface area contributed by atoms with Gasteiger partial charge in [-0.05, 0) is 30.2 Å². The zero-order valence-electron chi connectivity index (χ0n) is 23.3. The first-order valence-corrected chi connectivity index (χ1v) is 15.3. The van der Waals surface area contributed by atoms with E-state index in [0.29, 0.717) is 50.8 Å². The van der Waals surface area contributed by atoms with Crippen LogP contribution in [0.15, 0.2) is 47.5 Å². The average Bonchev–Trinajstić information content (AvgIpc) is 3.42. The van der Waals surface area contributed by atoms with Crippen LogP contribution in [0, 0.1) is 5.82 Å². The number of fused-ring (bicyclic) bond motifs is 1. The van der Waals surface area contributed by atoms with E-state index in [-0.39, 0.29) is 28.6 Å². The number of sulfonamides is 1. The molecule has 0 unspecified atom stereocenters. The second-order valence-corrected chi connectivity index (χ2v) is 12.0. The lowest BCUT2D eigenvalue weighted by Crippen LogP contribution is -2.37. The molecule has 0 radical (unpaired) electrons. The number of imidazole rings is 1. The Balaban J connectivity index is 1.67. The van der Waals surface area contributed by atoms with E-state index >= 15 is 0 Å². The van der Waals surface area contributed by atoms with E-state index in [4.69, 9.17) is 14.5 Å². The highest BCUT2D eigenvalue weighted by molar-refractivity contribution is 7.92. The summed E-state index contributed by atoms with van der Waals surface area (Å²) in [6.07, 6.45) is 6.44. The van der Waals surface area contributed by atoms with Gasteiger partial charge in [0.15, 0.2) is 17.2 Å². The number of halogens is 1. The molecule has 0 atom stereocenters. The molecule has 4 aromatic rings. The van der Waals surface area contributed by atoms with Gasteiger partial charge in [0.2, 0.25) is 15.8 Å². The van der Waals surface area contributed by atoms with Crippen molar-refractivity contribution in [2.75, 3.05) is 55.4 Å². The number of unbranched alkanes of at least 4 members (excludes halogenated alkanes) is 1. The van der Waals surface area contributed by atoms with E-state index in [9.17, 15) is 17.6 Å². The molecule has 218 valence electrons. The van der Waals surface area contributed by atoms with Crippen molar-refractivity contribution in [3.05, 3.63) is 70.2 Å². The first kappa shape index (κ1) is 28.6. The lowest BCUT2D eigenvalue weighted by Gasteiger charge is -2.30. The molecule has 5 rings (SSSR count). The summed E-state index contributed by atoms with van der Waals surface area (Å²) in [6, 6.07) is 7.88. The SMILES string of the molecule is CCCCOc1c(-c2ncc(Cc3ccc(F)cc3)[nH]2)nc2c(N(C)S(C)(=O)=O)cc(N3CCOCC3)cn2c1=O. The summed E-state index contributed by atoms with van der Waals surface area (Å²) in [5.41, 5.74) is 2.36. The van der Waals surface area contributed by atoms with Crippen molar-refractivity contribution in [1.82, 2.24) is 19.4 Å². The van der Waals surface area contributed by atoms with Crippen LogP contribution in [0.3, 0.4) is 0 Å². The number of hydrogen-bond acceptors (Lipinski definition) is 8. The monoisotopic (exact) mass is 584 g/mol. The minimum Gasteiger partial charge on any atom is -0.486 e. The summed E-state index contributed by atoms with van der Waals surface area (Å²) in [6.45, 7) is 4.55. The topological polar surface area (TPSA) is 122 Å². The van der Waals surface area contributed by atoms with E-state index in [0.717, 1.165) is 34.7 Å². The highest BCUT2D eigenvalue weighted by atomic mass is 32.2. The van der Waals surface area contributed by atoms with Gasteiger partial charge in [0.05, 0.1) is 37.5 Å². The van der Waals surface area contributed by atoms with Crippen molar-refractivity contribution in [3.63, 3.8) is 0 Å². The minimum absolute atomic E-state index is 0.0192. The van der Waals surface area contributed by atoms with Gasteiger partial charge in [0.1, 0.15) is 5.82 Å². The molecule has 0 saturated carbocycles. The Morgan fingerprint density at radius 2 is 1.93 bits per heavy atom. The molecule has 1 fully saturated rings. The summed E-state index contributed by atoms with van der Waals surface area (Å²) >= 11 is 0. The van der Waals surface area contributed by atoms with Crippen molar-refractivity contribution >= 4 is 27.0 Å². The molecule has 13 heteroatoms. The molecule has 1 N–H and O–H groups in total. The number of nitrogens with one attached hydrogen (secondary N) is 1. The Bertz CT molecular complexity index is 1700. The van der Waals surface area contributed by atoms with Gasteiger partial charge in [-0.1, -0.05) is 25.5 Å². The molecule has 4 heterocycles. The maximum Gasteiger partial charge on any atom is 0.301 e. The third-order valence-corrected chi connectivity index (χ3v) is 8.16. The number of nitrogens with zero attached hydrogens (tertiary/aromatic N) is 5. The van der Waals surface area contributed by atoms with Crippen LogP contribution in [0.25, 0.3) is 17.2 Å². The molecule has 0 bridgehead atoms. The molecule has 41 heavy (non-hydrogen) atoms. The van der Waals surface area contributed by atoms with Gasteiger partial charge < -0.3 is 19.4 Å². The molecule has 11 nitrogen and oxygen atoms in total. The van der Waals surface area contributed by atoms with Crippen molar-refractivity contribution in [2.24, 2.45) is 0 Å². The summed E-state index contributed by atoms with van der Waals surface area (Å²) in [5.74, 6) is 0.00421. The fourth-order valence-corrected chi connectivity index (χ4v) is 5.09. The van der Waals surface area contributed by atoms with Gasteiger partial charge >= 0.3 is 5.56 Å². The van der Waals surface area contributed by atoms with Crippen molar-refractivity contribution in [1.29, 1.82) is 0 Å². The zero-order chi connectivity index (χ0) is 29.1. The number of benzene rings is 1. The Morgan fingerprint density at radius 3 is 2.61 bits per heavy atom. The lowest BCUT2D eigenvalue weighted by atomic mass is 10.1. The molecule has 0 amide bonds. The summed E-state index contributed by atoms with van der Waals surface area (Å²) in [4.78, 5) is 28.5. The highest BCUT2D eigenvalue weighted by Gasteiger charge is 2.25. The van der Waals surface area contributed by atoms with Crippen molar-refractivity contribution < 1.29 is 22.3 Å². The molecule has 0 spiro atoms. The number of pyridine rings is 1. The van der Waals surface area contributed by atoms with Crippen molar-refractivity contribution in [3.8, 4) is 17.3 Å². The molecule has 1 aromatic carbocycles. The Morgan fingerprint density at radius 1 is 1.20 bits per heavy atom. The Hall–Kier alpha value is -3.97. The van der Waals surface area contributed by atoms with Crippen LogP contribution in [-0.4, -0.2) is 74.0 Å². The summed E-state index contributed by atoms with van der Waals surface area (Å²) in [5, 5.41) is 0. The maximum atomic E-state index is 14.0. The van der Waals surface area contributed by atoms with Crippen LogP contribution >= 0.6 is 0 Å². The van der Waals surface area contributed by atoms with Crippen molar-refractivity contribution in [2.45, 2.75) is 26.2 Å². The molecule has 3 aromatic heterocycles. The van der Waals surface area contributed by atoms with Crippen LogP contribution in [0.4, 0.5) is 15.8 Å². The second kappa shape index (κ2) is 11.9. The predicted octanol–water partition coefficient (Wildman–Crippen LogP) is 3.23. The van der Waals surface area contributed by atoms with Gasteiger partial charge in [0, 0.05) is 44.6 Å². The second-order valence-electron chi connectivity index (χ2n) is 9.96. The number of ether oxygens (including phenoxy) is 2. The first-order chi connectivity index (χ1) is 19.7. The maximum absolute atomic E-state index is 14.0. The largest absolute Gasteiger partial charge is 0.486 e. The number of aromatic amines is 1. The third-order valence-electron chi connectivity index (χ3n) is 6.97. The van der Waals surface area contributed by atoms with E-state index in [2.05, 4.69) is 9.97 Å². The normalized spacial score (nSPS) is 14.0. The fourth-order valence-electron chi connectivity index (χ4n) is 4.60. The molecular formula is C28H33FN6O5S. The number of H-pyrrole nitrogens is 1. The van der Waals surface area contributed by atoms with Gasteiger partial charge in [-0.25, -0.2) is 22.8 Å². The molecular weight excluding hydrogens is 551 g/mol. The summed E-state index contributed by atoms with van der Waals surface area (Å²) < 4.78 is 52.6. The lowest BCUT2D eigenvalue weighted by molar-refractivity contribution is 0.122. The quantitative estimate of drug-likeness (QED) is 0.282. The highest BCUT2D eigenvalue weighted by Crippen LogP contribution is 2.31. The van der Waals surface area contributed by atoms with Crippen LogP contribution in [0.1, 0.15) is 31.0 Å². The fraction of sp³-hybridized carbons (Fsp3) is 0.393. The zero-order valence-corrected chi connectivity index (χ0v) is 24.1. The predicted molar refractivity (Wildman–Crippen MR) is 155 cm³/mol. The number of aromatic nitrogens is 4. The molecule has 0 aliphatic carbocycles. The van der Waals surface area contributed by atoms with Gasteiger partial charge in [-0.2, -0.15) is 0 Å². The summed E-state index contributed by atoms with van der Waals surface area (Å²) in [7, 11) is -2.26. The van der Waals surface area contributed by atoms with Crippen LogP contribution in [0.5, 0.6) is 5.75 Å². The van der Waals surface area contributed by atoms with E-state index < -0.39 is 15.6 Å². The first-order valence-electron chi connectivity index (χ1n) is 13.4. The van der Waals surface area contributed by atoms with Gasteiger partial charge in [0.25, 0.3) is 0 Å². The third kappa shape index (κ3) is 6.20. The molecule has 1 saturated heterocycles. The smallest absolute Gasteiger partial charge is 0.301 e.